The Labute approximate surface area is 106 Å². The van der Waals surface area contributed by atoms with Crippen LogP contribution in [0.2, 0.25) is 0 Å². The van der Waals surface area contributed by atoms with Crippen molar-refractivity contribution in [3.05, 3.63) is 0 Å². The van der Waals surface area contributed by atoms with E-state index in [4.69, 9.17) is 11.6 Å². The molecule has 1 atom stereocenters. The van der Waals surface area contributed by atoms with E-state index in [1.54, 1.807) is 0 Å². The van der Waals surface area contributed by atoms with Gasteiger partial charge in [0.1, 0.15) is 0 Å². The van der Waals surface area contributed by atoms with Gasteiger partial charge in [-0.25, -0.2) is 0 Å². The molecule has 0 aliphatic carbocycles. The topological polar surface area (TPSA) is 0 Å². The zero-order valence-electron chi connectivity index (χ0n) is 6.30. The first-order valence-electron chi connectivity index (χ1n) is 3.44. The first-order valence-corrected chi connectivity index (χ1v) is 24.1. The van der Waals surface area contributed by atoms with Crippen molar-refractivity contribution in [2.24, 2.45) is 0 Å². The minimum absolute atomic E-state index is 0.613. The van der Waals surface area contributed by atoms with Crippen molar-refractivity contribution in [3.63, 3.8) is 0 Å². The molecule has 0 rings (SSSR count). The summed E-state index contributed by atoms with van der Waals surface area (Å²) in [4.78, 5) is 0. The fourth-order valence-electron chi connectivity index (χ4n) is 0.714. The van der Waals surface area contributed by atoms with Gasteiger partial charge in [0.05, 0.1) is 0 Å². The predicted octanol–water partition coefficient (Wildman–Crippen LogP) is 1.99. The average molecular weight is 627 g/mol. The first-order chi connectivity index (χ1) is 5.35. The van der Waals surface area contributed by atoms with Crippen LogP contribution >= 0.6 is 55.5 Å². The van der Waals surface area contributed by atoms with Crippen LogP contribution in [0.1, 0.15) is 26.2 Å². The maximum absolute atomic E-state index is 5.75. The first kappa shape index (κ1) is 14.2. The molecular formula is C6H12ClI4-. The monoisotopic (exact) mass is 627 g/mol. The van der Waals surface area contributed by atoms with Crippen molar-refractivity contribution in [3.8, 4) is 0 Å². The van der Waals surface area contributed by atoms with Gasteiger partial charge in [0.25, 0.3) is 0 Å². The van der Waals surface area contributed by atoms with Gasteiger partial charge in [0.15, 0.2) is 0 Å². The molecule has 0 aromatic rings. The van der Waals surface area contributed by atoms with E-state index < -0.39 is 0 Å². The van der Waals surface area contributed by atoms with Crippen LogP contribution in [0.25, 0.3) is 0 Å². The Morgan fingerprint density at radius 3 is 2.73 bits per heavy atom. The molecule has 0 aromatic carbocycles. The summed E-state index contributed by atoms with van der Waals surface area (Å²) in [7, 11) is 0. The fraction of sp³-hybridized carbons (Fsp3) is 1.00. The van der Waals surface area contributed by atoms with E-state index in [1.807, 2.05) is 0 Å². The summed E-state index contributed by atoms with van der Waals surface area (Å²) in [6.45, 7) is 2.29. The zero-order chi connectivity index (χ0) is 8.53. The Bertz CT molecular complexity index is 101. The fourth-order valence-corrected chi connectivity index (χ4v) is 43.0. The molecule has 0 bridgehead atoms. The van der Waals surface area contributed by atoms with Crippen molar-refractivity contribution < 1.29 is 17.2 Å². The average Bonchev–Trinajstić information content (AvgIpc) is 2.01. The van der Waals surface area contributed by atoms with E-state index in [1.165, 1.54) is 19.3 Å². The van der Waals surface area contributed by atoms with Gasteiger partial charge in [-0.2, -0.15) is 0 Å². The number of halogens is 5. The van der Waals surface area contributed by atoms with Crippen LogP contribution in [0.4, 0.5) is 0 Å². The molecule has 0 fully saturated rings. The summed E-state index contributed by atoms with van der Waals surface area (Å²) < 4.78 is 1.08. The van der Waals surface area contributed by atoms with E-state index in [0.717, 1.165) is 9.80 Å². The molecule has 11 heavy (non-hydrogen) atoms. The molecule has 0 N–H and O–H groups in total. The molecule has 0 radical (unpaired) electrons. The quantitative estimate of drug-likeness (QED) is 0.313. The summed E-state index contributed by atoms with van der Waals surface area (Å²) in [5, 5.41) is 0. The maximum atomic E-state index is 5.75. The van der Waals surface area contributed by atoms with Crippen molar-refractivity contribution in [1.29, 1.82) is 0 Å². The summed E-state index contributed by atoms with van der Waals surface area (Å²) in [5.74, 6) is 0.897. The zero-order valence-corrected chi connectivity index (χ0v) is 15.7. The van der Waals surface area contributed by atoms with Gasteiger partial charge < -0.3 is 0 Å². The third-order valence-electron chi connectivity index (χ3n) is 1.19. The molecule has 0 heterocycles. The molecular weight excluding hydrogens is 615 g/mol. The van der Waals surface area contributed by atoms with E-state index in [9.17, 15) is 0 Å². The minimum atomic E-state index is 0.613. The summed E-state index contributed by atoms with van der Waals surface area (Å²) in [6.07, 6.45) is 4.13. The van der Waals surface area contributed by atoms with Gasteiger partial charge in [-0.3, -0.25) is 0 Å². The van der Waals surface area contributed by atoms with Gasteiger partial charge in [-0.1, -0.05) is 0 Å². The second kappa shape index (κ2) is 11.3. The van der Waals surface area contributed by atoms with E-state index in [-0.39, 0.29) is 0 Å². The normalized spacial score (nSPS) is 15.9. The predicted molar refractivity (Wildman–Crippen MR) is 76.1 cm³/mol. The Kier molecular flexibility index (Phi) is 14.6. The number of hydrogen-bond acceptors (Lipinski definition) is 0. The van der Waals surface area contributed by atoms with Crippen molar-refractivity contribution >= 4 is 55.5 Å². The van der Waals surface area contributed by atoms with Gasteiger partial charge in [0.2, 0.25) is 0 Å². The molecule has 5 heteroatoms. The summed E-state index contributed by atoms with van der Waals surface area (Å²) in [6, 6.07) is 0. The summed E-state index contributed by atoms with van der Waals surface area (Å²) in [5.41, 5.74) is 0. The molecule has 0 aliphatic rings. The number of rotatable bonds is 6. The van der Waals surface area contributed by atoms with Crippen molar-refractivity contribution in [1.82, 2.24) is 0 Å². The Balaban J connectivity index is 3.50. The molecule has 0 saturated heterocycles. The van der Waals surface area contributed by atoms with Gasteiger partial charge in [-0.15, -0.1) is 0 Å². The van der Waals surface area contributed by atoms with Crippen LogP contribution < -0.4 is 17.2 Å². The summed E-state index contributed by atoms with van der Waals surface area (Å²) >= 11 is 10.3. The van der Waals surface area contributed by atoms with Gasteiger partial charge >= 0.3 is 109 Å². The molecule has 0 amide bonds. The SMILES string of the molecule is CCCC(CCCl)[I-]I=II. The van der Waals surface area contributed by atoms with Crippen LogP contribution in [0.15, 0.2) is 0 Å². The Morgan fingerprint density at radius 1 is 1.55 bits per heavy atom. The van der Waals surface area contributed by atoms with Crippen molar-refractivity contribution in [2.75, 3.05) is 5.88 Å². The number of hydrogen-bond donors (Lipinski definition) is 0. The van der Waals surface area contributed by atoms with Gasteiger partial charge in [-0.05, 0) is 0 Å². The van der Waals surface area contributed by atoms with Crippen LogP contribution in [0.3, 0.4) is 0 Å². The van der Waals surface area contributed by atoms with Crippen LogP contribution in [0, 0.1) is 0 Å². The molecule has 0 saturated carbocycles. The van der Waals surface area contributed by atoms with Crippen LogP contribution in [0.5, 0.6) is 0 Å². The van der Waals surface area contributed by atoms with Gasteiger partial charge in [0, 0.05) is 0 Å². The molecule has 0 nitrogen and oxygen atoms in total. The second-order valence-electron chi connectivity index (χ2n) is 2.05. The second-order valence-corrected chi connectivity index (χ2v) is 40.3. The molecule has 0 spiro atoms. The van der Waals surface area contributed by atoms with E-state index in [2.05, 4.69) is 25.5 Å². The standard InChI is InChI=1S/C6H12ClI4/c1-2-3-6(4-5-7)9-11-10-8/h6H,2-5H2,1H3/q-1. The van der Waals surface area contributed by atoms with Crippen molar-refractivity contribution in [2.45, 2.75) is 30.1 Å². The number of alkyl halides is 2. The molecule has 0 aliphatic heterocycles. The third kappa shape index (κ3) is 9.51. The van der Waals surface area contributed by atoms with Crippen LogP contribution in [-0.4, -0.2) is 9.80 Å². The van der Waals surface area contributed by atoms with E-state index >= 15 is 0 Å². The Hall–Kier alpha value is 3.21. The van der Waals surface area contributed by atoms with E-state index in [0.29, 0.717) is 42.5 Å². The third-order valence-corrected chi connectivity index (χ3v) is 58.5. The molecule has 72 valence electrons. The molecule has 0 aromatic heterocycles. The Morgan fingerprint density at radius 2 is 2.27 bits per heavy atom. The van der Waals surface area contributed by atoms with Crippen LogP contribution in [-0.2, 0) is 0 Å². The molecule has 1 unspecified atom stereocenters.